The third-order valence-corrected chi connectivity index (χ3v) is 4.48. The first-order chi connectivity index (χ1) is 13.5. The molecule has 7 heteroatoms. The summed E-state index contributed by atoms with van der Waals surface area (Å²) in [7, 11) is 0. The summed E-state index contributed by atoms with van der Waals surface area (Å²) < 4.78 is 1.67. The van der Waals surface area contributed by atoms with E-state index in [1.54, 1.807) is 17.1 Å². The number of nitrogens with one attached hydrogen (secondary N) is 2. The van der Waals surface area contributed by atoms with Crippen molar-refractivity contribution >= 4 is 11.8 Å². The molecule has 1 aromatic heterocycles. The predicted molar refractivity (Wildman–Crippen MR) is 106 cm³/mol. The maximum Gasteiger partial charge on any atom is 0.251 e. The predicted octanol–water partition coefficient (Wildman–Crippen LogP) is 2.57. The lowest BCUT2D eigenvalue weighted by Gasteiger charge is -2.15. The van der Waals surface area contributed by atoms with Gasteiger partial charge >= 0.3 is 0 Å². The second-order valence-electron chi connectivity index (χ2n) is 6.54. The minimum atomic E-state index is -0.164. The molecule has 0 spiro atoms. The second-order valence-corrected chi connectivity index (χ2v) is 6.54. The first kappa shape index (κ1) is 19.3. The van der Waals surface area contributed by atoms with Crippen LogP contribution in [-0.2, 0) is 4.79 Å². The Morgan fingerprint density at radius 2 is 1.86 bits per heavy atom. The van der Waals surface area contributed by atoms with Crippen molar-refractivity contribution in [3.63, 3.8) is 0 Å². The molecule has 0 aliphatic heterocycles. The zero-order valence-corrected chi connectivity index (χ0v) is 15.9. The molecule has 3 aromatic rings. The molecule has 144 valence electrons. The molecule has 1 atom stereocenters. The van der Waals surface area contributed by atoms with Crippen molar-refractivity contribution in [1.82, 2.24) is 25.4 Å². The van der Waals surface area contributed by atoms with Crippen LogP contribution in [0.5, 0.6) is 0 Å². The SMILES string of the molecule is Cc1ccccc1C(=O)NCCC(=O)NC(C)c1ccc(-n2cncn2)cc1. The van der Waals surface area contributed by atoms with E-state index in [0.29, 0.717) is 5.56 Å². The van der Waals surface area contributed by atoms with Gasteiger partial charge in [0.15, 0.2) is 0 Å². The average molecular weight is 377 g/mol. The monoisotopic (exact) mass is 377 g/mol. The molecule has 1 unspecified atom stereocenters. The topological polar surface area (TPSA) is 88.9 Å². The molecule has 2 N–H and O–H groups in total. The van der Waals surface area contributed by atoms with Gasteiger partial charge in [-0.25, -0.2) is 9.67 Å². The van der Waals surface area contributed by atoms with E-state index in [4.69, 9.17) is 0 Å². The summed E-state index contributed by atoms with van der Waals surface area (Å²) in [6, 6.07) is 15.0. The van der Waals surface area contributed by atoms with Crippen LogP contribution in [0, 0.1) is 6.92 Å². The number of rotatable bonds is 7. The molecule has 7 nitrogen and oxygen atoms in total. The van der Waals surface area contributed by atoms with Crippen LogP contribution in [0.3, 0.4) is 0 Å². The lowest BCUT2D eigenvalue weighted by molar-refractivity contribution is -0.121. The van der Waals surface area contributed by atoms with Crippen LogP contribution in [0.2, 0.25) is 0 Å². The van der Waals surface area contributed by atoms with Gasteiger partial charge in [0.05, 0.1) is 11.7 Å². The molecule has 0 saturated heterocycles. The fraction of sp³-hybridized carbons (Fsp3) is 0.238. The number of carbonyl (C=O) groups excluding carboxylic acids is 2. The van der Waals surface area contributed by atoms with Gasteiger partial charge in [0.2, 0.25) is 5.91 Å². The van der Waals surface area contributed by atoms with Crippen molar-refractivity contribution in [2.75, 3.05) is 6.54 Å². The number of hydrogen-bond donors (Lipinski definition) is 2. The Hall–Kier alpha value is -3.48. The standard InChI is InChI=1S/C21H23N5O2/c1-15-5-3-4-6-19(15)21(28)23-12-11-20(27)25-16(2)17-7-9-18(10-8-17)26-14-22-13-24-26/h3-10,13-14,16H,11-12H2,1-2H3,(H,23,28)(H,25,27). The molecule has 0 saturated carbocycles. The van der Waals surface area contributed by atoms with Gasteiger partial charge < -0.3 is 10.6 Å². The zero-order chi connectivity index (χ0) is 19.9. The highest BCUT2D eigenvalue weighted by molar-refractivity contribution is 5.95. The van der Waals surface area contributed by atoms with Crippen molar-refractivity contribution in [1.29, 1.82) is 0 Å². The molecular weight excluding hydrogens is 354 g/mol. The number of carbonyl (C=O) groups is 2. The first-order valence-electron chi connectivity index (χ1n) is 9.13. The van der Waals surface area contributed by atoms with Crippen LogP contribution < -0.4 is 10.6 Å². The molecule has 0 fully saturated rings. The summed E-state index contributed by atoms with van der Waals surface area (Å²) in [6.45, 7) is 4.10. The molecule has 0 bridgehead atoms. The molecule has 3 rings (SSSR count). The number of aromatic nitrogens is 3. The molecule has 1 heterocycles. The summed E-state index contributed by atoms with van der Waals surface area (Å²) in [5.41, 5.74) is 3.43. The van der Waals surface area contributed by atoms with Crippen molar-refractivity contribution in [2.24, 2.45) is 0 Å². The van der Waals surface area contributed by atoms with Crippen LogP contribution in [0.1, 0.15) is 40.9 Å². The molecule has 0 aliphatic rings. The summed E-state index contributed by atoms with van der Waals surface area (Å²) in [6.07, 6.45) is 3.33. The zero-order valence-electron chi connectivity index (χ0n) is 15.9. The number of amides is 2. The van der Waals surface area contributed by atoms with E-state index in [-0.39, 0.29) is 30.8 Å². The summed E-state index contributed by atoms with van der Waals surface area (Å²) in [4.78, 5) is 28.3. The van der Waals surface area contributed by atoms with Gasteiger partial charge in [0.25, 0.3) is 5.91 Å². The minimum absolute atomic E-state index is 0.113. The third kappa shape index (κ3) is 4.82. The summed E-state index contributed by atoms with van der Waals surface area (Å²) in [5, 5.41) is 9.83. The fourth-order valence-electron chi connectivity index (χ4n) is 2.87. The van der Waals surface area contributed by atoms with E-state index >= 15 is 0 Å². The molecule has 0 radical (unpaired) electrons. The Balaban J connectivity index is 1.46. The van der Waals surface area contributed by atoms with E-state index in [1.807, 2.05) is 56.3 Å². The third-order valence-electron chi connectivity index (χ3n) is 4.48. The summed E-state index contributed by atoms with van der Waals surface area (Å²) in [5.74, 6) is -0.277. The van der Waals surface area contributed by atoms with Gasteiger partial charge in [-0.3, -0.25) is 9.59 Å². The Bertz CT molecular complexity index is 936. The molecule has 2 amide bonds. The van der Waals surface area contributed by atoms with Gasteiger partial charge in [-0.15, -0.1) is 0 Å². The van der Waals surface area contributed by atoms with E-state index in [1.165, 1.54) is 6.33 Å². The van der Waals surface area contributed by atoms with Crippen molar-refractivity contribution < 1.29 is 9.59 Å². The lowest BCUT2D eigenvalue weighted by atomic mass is 10.1. The second kappa shape index (κ2) is 8.94. The smallest absolute Gasteiger partial charge is 0.251 e. The molecule has 0 aliphatic carbocycles. The summed E-state index contributed by atoms with van der Waals surface area (Å²) >= 11 is 0. The van der Waals surface area contributed by atoms with Crippen LogP contribution in [0.25, 0.3) is 5.69 Å². The molecule has 28 heavy (non-hydrogen) atoms. The van der Waals surface area contributed by atoms with E-state index in [9.17, 15) is 9.59 Å². The maximum absolute atomic E-state index is 12.2. The Labute approximate surface area is 163 Å². The van der Waals surface area contributed by atoms with Crippen molar-refractivity contribution in [3.8, 4) is 5.69 Å². The highest BCUT2D eigenvalue weighted by Crippen LogP contribution is 2.15. The number of hydrogen-bond acceptors (Lipinski definition) is 4. The van der Waals surface area contributed by atoms with E-state index in [2.05, 4.69) is 20.7 Å². The van der Waals surface area contributed by atoms with Gasteiger partial charge in [-0.1, -0.05) is 30.3 Å². The molecular formula is C21H23N5O2. The van der Waals surface area contributed by atoms with Gasteiger partial charge in [0, 0.05) is 18.5 Å². The normalized spacial score (nSPS) is 11.6. The van der Waals surface area contributed by atoms with Crippen LogP contribution in [-0.4, -0.2) is 33.1 Å². The first-order valence-corrected chi connectivity index (χ1v) is 9.13. The van der Waals surface area contributed by atoms with Gasteiger partial charge in [-0.05, 0) is 43.2 Å². The van der Waals surface area contributed by atoms with Crippen molar-refractivity contribution in [3.05, 3.63) is 77.9 Å². The van der Waals surface area contributed by atoms with E-state index in [0.717, 1.165) is 16.8 Å². The quantitative estimate of drug-likeness (QED) is 0.662. The Morgan fingerprint density at radius 1 is 1.11 bits per heavy atom. The maximum atomic E-state index is 12.2. The number of nitrogens with zero attached hydrogens (tertiary/aromatic N) is 3. The Kier molecular flexibility index (Phi) is 6.16. The van der Waals surface area contributed by atoms with Crippen LogP contribution in [0.4, 0.5) is 0 Å². The van der Waals surface area contributed by atoms with Gasteiger partial charge in [0.1, 0.15) is 12.7 Å². The minimum Gasteiger partial charge on any atom is -0.352 e. The highest BCUT2D eigenvalue weighted by atomic mass is 16.2. The highest BCUT2D eigenvalue weighted by Gasteiger charge is 2.12. The van der Waals surface area contributed by atoms with Crippen LogP contribution in [0.15, 0.2) is 61.2 Å². The largest absolute Gasteiger partial charge is 0.352 e. The number of benzene rings is 2. The van der Waals surface area contributed by atoms with Crippen LogP contribution >= 0.6 is 0 Å². The average Bonchev–Trinajstić information content (AvgIpc) is 3.23. The van der Waals surface area contributed by atoms with Gasteiger partial charge in [-0.2, -0.15) is 5.10 Å². The molecule has 2 aromatic carbocycles. The van der Waals surface area contributed by atoms with E-state index < -0.39 is 0 Å². The fourth-order valence-corrected chi connectivity index (χ4v) is 2.87. The Morgan fingerprint density at radius 3 is 2.54 bits per heavy atom. The van der Waals surface area contributed by atoms with Crippen molar-refractivity contribution in [2.45, 2.75) is 26.3 Å². The lowest BCUT2D eigenvalue weighted by Crippen LogP contribution is -2.32. The number of aryl methyl sites for hydroxylation is 1.